The van der Waals surface area contributed by atoms with Crippen molar-refractivity contribution in [2.24, 2.45) is 0 Å². The largest absolute Gasteiger partial charge is 0.449 e. The van der Waals surface area contributed by atoms with Crippen molar-refractivity contribution in [3.05, 3.63) is 35.4 Å². The van der Waals surface area contributed by atoms with Crippen LogP contribution in [0.15, 0.2) is 24.3 Å². The predicted octanol–water partition coefficient (Wildman–Crippen LogP) is 3.23. The van der Waals surface area contributed by atoms with Crippen molar-refractivity contribution >= 4 is 17.9 Å². The number of carbonyl (C=O) groups is 3. The van der Waals surface area contributed by atoms with Crippen LogP contribution in [0.2, 0.25) is 0 Å². The number of amides is 3. The molecule has 1 aromatic rings. The Kier molecular flexibility index (Phi) is 8.05. The average Bonchev–Trinajstić information content (AvgIpc) is 2.66. The third-order valence-corrected chi connectivity index (χ3v) is 5.14. The normalized spacial score (nSPS) is 20.1. The molecule has 7 nitrogen and oxygen atoms in total. The number of rotatable bonds is 6. The van der Waals surface area contributed by atoms with Crippen LogP contribution in [0, 0.1) is 0 Å². The Morgan fingerprint density at radius 2 is 1.66 bits per heavy atom. The maximum absolute atomic E-state index is 12.8. The van der Waals surface area contributed by atoms with Crippen molar-refractivity contribution in [2.75, 3.05) is 0 Å². The van der Waals surface area contributed by atoms with Crippen LogP contribution >= 0.6 is 0 Å². The number of likely N-dealkylation sites (tertiary alicyclic amines) is 1. The molecule has 0 aliphatic carbocycles. The minimum atomic E-state index is -0.827. The Morgan fingerprint density at radius 3 is 2.21 bits per heavy atom. The van der Waals surface area contributed by atoms with Crippen LogP contribution in [-0.4, -0.2) is 47.0 Å². The zero-order chi connectivity index (χ0) is 21.6. The molecule has 0 unspecified atom stereocenters. The second kappa shape index (κ2) is 10.3. The number of piperidine rings is 1. The fraction of sp³-hybridized carbons (Fsp3) is 0.591. The monoisotopic (exact) mass is 403 g/mol. The molecule has 1 fully saturated rings. The summed E-state index contributed by atoms with van der Waals surface area (Å²) < 4.78 is 5.42. The summed E-state index contributed by atoms with van der Waals surface area (Å²) in [7, 11) is 0. The van der Waals surface area contributed by atoms with Crippen LogP contribution in [-0.2, 0) is 16.1 Å². The van der Waals surface area contributed by atoms with Crippen molar-refractivity contribution < 1.29 is 19.1 Å². The topological polar surface area (TPSA) is 87.7 Å². The number of hydrogen-bond acceptors (Lipinski definition) is 4. The summed E-state index contributed by atoms with van der Waals surface area (Å²) in [6.07, 6.45) is 2.23. The lowest BCUT2D eigenvalue weighted by Crippen LogP contribution is -2.51. The van der Waals surface area contributed by atoms with E-state index in [9.17, 15) is 14.4 Å². The smallest absolute Gasteiger partial charge is 0.338 e. The van der Waals surface area contributed by atoms with Crippen LogP contribution in [0.25, 0.3) is 0 Å². The molecule has 3 amide bonds. The fourth-order valence-corrected chi connectivity index (χ4v) is 3.60. The van der Waals surface area contributed by atoms with Gasteiger partial charge in [0.2, 0.25) is 0 Å². The molecule has 1 heterocycles. The van der Waals surface area contributed by atoms with Crippen LogP contribution in [0.1, 0.15) is 69.8 Å². The molecule has 29 heavy (non-hydrogen) atoms. The molecule has 0 spiro atoms. The molecule has 0 aromatic heterocycles. The van der Waals surface area contributed by atoms with Crippen LogP contribution in [0.3, 0.4) is 0 Å². The van der Waals surface area contributed by atoms with Gasteiger partial charge in [0.1, 0.15) is 0 Å². The summed E-state index contributed by atoms with van der Waals surface area (Å²) in [5.41, 5.74) is 1.24. The van der Waals surface area contributed by atoms with Crippen LogP contribution in [0.5, 0.6) is 0 Å². The summed E-state index contributed by atoms with van der Waals surface area (Å²) in [5, 5.41) is 5.50. The third kappa shape index (κ3) is 6.48. The highest BCUT2D eigenvalue weighted by atomic mass is 16.5. The Hall–Kier alpha value is -2.57. The molecule has 1 saturated heterocycles. The third-order valence-electron chi connectivity index (χ3n) is 5.14. The Balaban J connectivity index is 1.89. The van der Waals surface area contributed by atoms with E-state index in [0.29, 0.717) is 12.1 Å². The first-order valence-electron chi connectivity index (χ1n) is 10.4. The Morgan fingerprint density at radius 1 is 1.07 bits per heavy atom. The second-order valence-corrected chi connectivity index (χ2v) is 8.10. The number of nitrogens with zero attached hydrogens (tertiary/aromatic N) is 1. The zero-order valence-corrected chi connectivity index (χ0v) is 18.0. The number of hydrogen-bond donors (Lipinski definition) is 2. The highest BCUT2D eigenvalue weighted by Crippen LogP contribution is 2.24. The van der Waals surface area contributed by atoms with E-state index in [4.69, 9.17) is 4.74 Å². The summed E-state index contributed by atoms with van der Waals surface area (Å²) in [6.45, 7) is 9.83. The summed E-state index contributed by atoms with van der Waals surface area (Å²) in [5.74, 6) is -0.671. The quantitative estimate of drug-likeness (QED) is 0.714. The lowest BCUT2D eigenvalue weighted by Gasteiger charge is -2.40. The molecule has 2 rings (SSSR count). The van der Waals surface area contributed by atoms with Crippen molar-refractivity contribution in [3.63, 3.8) is 0 Å². The Labute approximate surface area is 173 Å². The van der Waals surface area contributed by atoms with Crippen LogP contribution in [0.4, 0.5) is 4.79 Å². The van der Waals surface area contributed by atoms with Gasteiger partial charge < -0.3 is 20.3 Å². The van der Waals surface area contributed by atoms with Gasteiger partial charge >= 0.3 is 12.0 Å². The lowest BCUT2D eigenvalue weighted by molar-refractivity contribution is -0.146. The van der Waals surface area contributed by atoms with E-state index in [1.54, 1.807) is 31.2 Å². The molecular weight excluding hydrogens is 370 g/mol. The highest BCUT2D eigenvalue weighted by Gasteiger charge is 2.33. The molecule has 1 aliphatic rings. The standard InChI is InChI=1S/C22H33N3O4/c1-14(2)24-22(28)23-13-18-9-11-19(12-10-18)21(27)29-17(5)20(26)25-15(3)7-6-8-16(25)4/h9-12,14-17H,6-8,13H2,1-5H3,(H2,23,24,28)/t15-,16+,17-/m1/s1. The number of ether oxygens (including phenoxy) is 1. The summed E-state index contributed by atoms with van der Waals surface area (Å²) in [4.78, 5) is 38.7. The van der Waals surface area contributed by atoms with Crippen molar-refractivity contribution in [2.45, 2.75) is 84.7 Å². The van der Waals surface area contributed by atoms with Crippen molar-refractivity contribution in [3.8, 4) is 0 Å². The zero-order valence-electron chi connectivity index (χ0n) is 18.0. The van der Waals surface area contributed by atoms with Gasteiger partial charge in [0.25, 0.3) is 5.91 Å². The van der Waals surface area contributed by atoms with Gasteiger partial charge in [-0.25, -0.2) is 9.59 Å². The minimum absolute atomic E-state index is 0.0627. The molecule has 0 bridgehead atoms. The first-order valence-corrected chi connectivity index (χ1v) is 10.4. The summed E-state index contributed by atoms with van der Waals surface area (Å²) in [6, 6.07) is 6.94. The van der Waals surface area contributed by atoms with E-state index in [1.165, 1.54) is 0 Å². The van der Waals surface area contributed by atoms with E-state index < -0.39 is 12.1 Å². The molecule has 160 valence electrons. The number of esters is 1. The minimum Gasteiger partial charge on any atom is -0.449 e. The van der Waals surface area contributed by atoms with E-state index >= 15 is 0 Å². The number of nitrogens with one attached hydrogen (secondary N) is 2. The maximum atomic E-state index is 12.8. The number of carbonyl (C=O) groups excluding carboxylic acids is 3. The first-order chi connectivity index (χ1) is 13.7. The summed E-state index contributed by atoms with van der Waals surface area (Å²) >= 11 is 0. The first kappa shape index (κ1) is 22.7. The molecule has 2 N–H and O–H groups in total. The second-order valence-electron chi connectivity index (χ2n) is 8.10. The van der Waals surface area contributed by atoms with Gasteiger partial charge in [-0.05, 0) is 71.6 Å². The molecule has 3 atom stereocenters. The van der Waals surface area contributed by atoms with Gasteiger partial charge in [0.15, 0.2) is 6.10 Å². The van der Waals surface area contributed by atoms with Gasteiger partial charge in [0, 0.05) is 24.7 Å². The molecule has 1 aromatic carbocycles. The van der Waals surface area contributed by atoms with E-state index in [-0.39, 0.29) is 30.1 Å². The Bertz CT molecular complexity index is 707. The van der Waals surface area contributed by atoms with E-state index in [1.807, 2.05) is 32.6 Å². The lowest BCUT2D eigenvalue weighted by atomic mass is 9.97. The molecule has 0 radical (unpaired) electrons. The van der Waals surface area contributed by atoms with Crippen LogP contribution < -0.4 is 10.6 Å². The van der Waals surface area contributed by atoms with Gasteiger partial charge in [0.05, 0.1) is 5.56 Å². The molecule has 1 aliphatic heterocycles. The molecule has 0 saturated carbocycles. The SMILES string of the molecule is CC(C)NC(=O)NCc1ccc(C(=O)O[C@H](C)C(=O)N2[C@H](C)CCC[C@@H]2C)cc1. The number of urea groups is 1. The molecule has 7 heteroatoms. The van der Waals surface area contributed by atoms with E-state index in [0.717, 1.165) is 24.8 Å². The van der Waals surface area contributed by atoms with Gasteiger partial charge in [-0.2, -0.15) is 0 Å². The number of benzene rings is 1. The van der Waals surface area contributed by atoms with Crippen molar-refractivity contribution in [1.82, 2.24) is 15.5 Å². The maximum Gasteiger partial charge on any atom is 0.338 e. The fourth-order valence-electron chi connectivity index (χ4n) is 3.60. The van der Waals surface area contributed by atoms with Crippen molar-refractivity contribution in [1.29, 1.82) is 0 Å². The highest BCUT2D eigenvalue weighted by molar-refractivity contribution is 5.92. The average molecular weight is 404 g/mol. The van der Waals surface area contributed by atoms with Gasteiger partial charge in [-0.15, -0.1) is 0 Å². The molecular formula is C22H33N3O4. The van der Waals surface area contributed by atoms with Gasteiger partial charge in [-0.1, -0.05) is 12.1 Å². The predicted molar refractivity (Wildman–Crippen MR) is 111 cm³/mol. The van der Waals surface area contributed by atoms with E-state index in [2.05, 4.69) is 10.6 Å². The van der Waals surface area contributed by atoms with Gasteiger partial charge in [-0.3, -0.25) is 4.79 Å².